The summed E-state index contributed by atoms with van der Waals surface area (Å²) in [5.74, 6) is 0.792. The van der Waals surface area contributed by atoms with Crippen LogP contribution in [0.15, 0.2) is 98.0 Å². The molecule has 0 aliphatic carbocycles. The van der Waals surface area contributed by atoms with Crippen molar-refractivity contribution in [1.29, 1.82) is 0 Å². The predicted octanol–water partition coefficient (Wildman–Crippen LogP) is 8.75. The molecule has 11 nitrogen and oxygen atoms in total. The van der Waals surface area contributed by atoms with Crippen molar-refractivity contribution in [3.63, 3.8) is 0 Å². The van der Waals surface area contributed by atoms with Crippen LogP contribution >= 0.6 is 0 Å². The Bertz CT molecular complexity index is 2710. The Kier molecular flexibility index (Phi) is 10.9. The van der Waals surface area contributed by atoms with Crippen LogP contribution in [0.2, 0.25) is 0 Å². The highest BCUT2D eigenvalue weighted by Crippen LogP contribution is 2.36. The van der Waals surface area contributed by atoms with Gasteiger partial charge in [-0.3, -0.25) is 0 Å². The quantitative estimate of drug-likeness (QED) is 0.113. The van der Waals surface area contributed by atoms with Gasteiger partial charge in [-0.2, -0.15) is 0 Å². The van der Waals surface area contributed by atoms with Gasteiger partial charge in [-0.1, -0.05) is 48.1 Å². The van der Waals surface area contributed by atoms with Gasteiger partial charge in [0.1, 0.15) is 23.2 Å². The van der Waals surface area contributed by atoms with E-state index in [1.165, 1.54) is 24.3 Å². The third-order valence-electron chi connectivity index (χ3n) is 9.28. The Morgan fingerprint density at radius 3 is 1.67 bits per heavy atom. The summed E-state index contributed by atoms with van der Waals surface area (Å²) in [7, 11) is 0. The van der Waals surface area contributed by atoms with Crippen molar-refractivity contribution in [2.75, 3.05) is 6.61 Å². The zero-order valence-electron chi connectivity index (χ0n) is 31.2. The van der Waals surface area contributed by atoms with E-state index >= 15 is 0 Å². The lowest BCUT2D eigenvalue weighted by atomic mass is 9.89. The fraction of sp³-hybridized carbons (Fsp3) is 0.190. The van der Waals surface area contributed by atoms with Crippen molar-refractivity contribution in [3.05, 3.63) is 157 Å². The van der Waals surface area contributed by atoms with Crippen molar-refractivity contribution < 1.29 is 22.9 Å². The largest absolute Gasteiger partial charge is 0.397 e. The van der Waals surface area contributed by atoms with E-state index in [0.717, 1.165) is 72.7 Å². The van der Waals surface area contributed by atoms with E-state index in [1.807, 2.05) is 58.9 Å². The topological polar surface area (TPSA) is 170 Å². The molecular weight excluding hydrogens is 706 g/mol. The molecule has 0 bridgehead atoms. The van der Waals surface area contributed by atoms with Gasteiger partial charge in [-0.05, 0) is 117 Å². The number of nitrogens with one attached hydrogen (secondary N) is 4. The molecule has 4 heterocycles. The van der Waals surface area contributed by atoms with Crippen molar-refractivity contribution in [2.45, 2.75) is 47.5 Å². The van der Waals surface area contributed by atoms with Crippen LogP contribution in [0, 0.1) is 39.3 Å². The van der Waals surface area contributed by atoms with Crippen LogP contribution in [0.5, 0.6) is 0 Å². The molecule has 8 aromatic rings. The Morgan fingerprint density at radius 1 is 0.727 bits per heavy atom. The van der Waals surface area contributed by atoms with E-state index in [2.05, 4.69) is 36.8 Å². The number of nitrogens with zero attached hydrogens (tertiary/aromatic N) is 2. The summed E-state index contributed by atoms with van der Waals surface area (Å²) in [6, 6.07) is 20.3. The SMILES string of the molecule is C=C(c1ccc(F)cc1)c1cc(-c2c(C)noc2C)cc2[nH]c(=O)[nH]c12.CCO.Cc1noc(C)c1-c1cc(C(C)c2ccc(F)cc2)c2[nH]c(=O)[nH]c2c1. The Balaban J connectivity index is 0.000000175. The summed E-state index contributed by atoms with van der Waals surface area (Å²) >= 11 is 0. The van der Waals surface area contributed by atoms with Gasteiger partial charge in [-0.15, -0.1) is 0 Å². The first-order chi connectivity index (χ1) is 26.3. The zero-order chi connectivity index (χ0) is 39.6. The summed E-state index contributed by atoms with van der Waals surface area (Å²) in [5.41, 5.74) is 11.5. The number of H-pyrrole nitrogens is 4. The number of hydrogen-bond donors (Lipinski definition) is 5. The van der Waals surface area contributed by atoms with Gasteiger partial charge in [0.25, 0.3) is 0 Å². The maximum absolute atomic E-state index is 13.3. The lowest BCUT2D eigenvalue weighted by Crippen LogP contribution is -2.01. The molecular formula is C42H40F2N6O5. The molecule has 8 rings (SSSR count). The second-order valence-electron chi connectivity index (χ2n) is 13.1. The van der Waals surface area contributed by atoms with E-state index in [-0.39, 0.29) is 35.5 Å². The van der Waals surface area contributed by atoms with Crippen LogP contribution in [0.3, 0.4) is 0 Å². The molecule has 0 saturated heterocycles. The van der Waals surface area contributed by atoms with Gasteiger partial charge in [-0.25, -0.2) is 18.4 Å². The molecule has 4 aromatic carbocycles. The summed E-state index contributed by atoms with van der Waals surface area (Å²) < 4.78 is 37.1. The third kappa shape index (κ3) is 7.87. The first kappa shape index (κ1) is 38.1. The third-order valence-corrected chi connectivity index (χ3v) is 9.28. The normalized spacial score (nSPS) is 11.6. The van der Waals surface area contributed by atoms with Gasteiger partial charge < -0.3 is 34.1 Å². The zero-order valence-corrected chi connectivity index (χ0v) is 31.2. The lowest BCUT2D eigenvalue weighted by Gasteiger charge is -2.15. The molecule has 13 heteroatoms. The Hall–Kier alpha value is -6.60. The van der Waals surface area contributed by atoms with Crippen molar-refractivity contribution in [2.24, 2.45) is 0 Å². The smallest absolute Gasteiger partial charge is 0.323 e. The number of rotatable bonds is 6. The van der Waals surface area contributed by atoms with Crippen LogP contribution in [0.4, 0.5) is 8.78 Å². The summed E-state index contributed by atoms with van der Waals surface area (Å²) in [6.07, 6.45) is 0. The van der Waals surface area contributed by atoms with Gasteiger partial charge in [0.05, 0.1) is 33.5 Å². The van der Waals surface area contributed by atoms with Crippen LogP contribution in [-0.2, 0) is 0 Å². The number of benzene rings is 4. The van der Waals surface area contributed by atoms with Crippen LogP contribution in [0.1, 0.15) is 64.9 Å². The molecule has 0 aliphatic heterocycles. The predicted molar refractivity (Wildman–Crippen MR) is 209 cm³/mol. The standard InChI is InChI=1S/C20H18FN3O2.C20H16FN3O2.C2H6O/c2*1-10(13-4-6-15(21)7-5-13)16-8-14(18-11(2)24-26-12(18)3)9-17-19(16)23-20(25)22-17;1-2-3/h4-10H,1-3H3,(H2,22,23,25);4-9H,1H2,2-3H3,(H2,22,23,25);3H,2H2,1H3. The van der Waals surface area contributed by atoms with Gasteiger partial charge in [0, 0.05) is 29.2 Å². The number of halogens is 2. The average molecular weight is 747 g/mol. The fourth-order valence-electron chi connectivity index (χ4n) is 6.71. The van der Waals surface area contributed by atoms with Crippen LogP contribution in [-0.4, -0.2) is 42.0 Å². The molecule has 4 aromatic heterocycles. The second kappa shape index (κ2) is 15.8. The maximum Gasteiger partial charge on any atom is 0.323 e. The number of aromatic nitrogens is 6. The summed E-state index contributed by atoms with van der Waals surface area (Å²) in [5, 5.41) is 15.6. The van der Waals surface area contributed by atoms with Crippen LogP contribution < -0.4 is 11.4 Å². The van der Waals surface area contributed by atoms with E-state index < -0.39 is 0 Å². The molecule has 55 heavy (non-hydrogen) atoms. The van der Waals surface area contributed by atoms with E-state index in [4.69, 9.17) is 14.2 Å². The van der Waals surface area contributed by atoms with Gasteiger partial charge in [0.2, 0.25) is 0 Å². The molecule has 0 saturated carbocycles. The van der Waals surface area contributed by atoms with E-state index in [1.54, 1.807) is 31.2 Å². The Labute approximate surface area is 313 Å². The minimum Gasteiger partial charge on any atom is -0.397 e. The minimum atomic E-state index is -0.314. The number of hydrogen-bond acceptors (Lipinski definition) is 7. The van der Waals surface area contributed by atoms with E-state index in [0.29, 0.717) is 22.4 Å². The first-order valence-electron chi connectivity index (χ1n) is 17.5. The molecule has 282 valence electrons. The maximum atomic E-state index is 13.3. The van der Waals surface area contributed by atoms with Gasteiger partial charge in [0.15, 0.2) is 0 Å². The monoisotopic (exact) mass is 746 g/mol. The van der Waals surface area contributed by atoms with E-state index in [9.17, 15) is 18.4 Å². The molecule has 0 amide bonds. The number of aliphatic hydroxyl groups excluding tert-OH is 1. The van der Waals surface area contributed by atoms with Crippen molar-refractivity contribution in [3.8, 4) is 22.3 Å². The van der Waals surface area contributed by atoms with Crippen LogP contribution in [0.25, 0.3) is 49.9 Å². The second-order valence-corrected chi connectivity index (χ2v) is 13.1. The summed E-state index contributed by atoms with van der Waals surface area (Å²) in [6.45, 7) is 15.6. The molecule has 0 aliphatic rings. The van der Waals surface area contributed by atoms with Gasteiger partial charge >= 0.3 is 11.4 Å². The average Bonchev–Trinajstić information content (AvgIpc) is 3.91. The number of aliphatic hydroxyl groups is 1. The van der Waals surface area contributed by atoms with Crippen molar-refractivity contribution in [1.82, 2.24) is 30.2 Å². The number of imidazole rings is 2. The highest BCUT2D eigenvalue weighted by atomic mass is 19.1. The molecule has 1 atom stereocenters. The molecule has 0 spiro atoms. The number of fused-ring (bicyclic) bond motifs is 2. The highest BCUT2D eigenvalue weighted by Gasteiger charge is 2.20. The molecule has 0 radical (unpaired) electrons. The number of aromatic amines is 4. The molecule has 1 unspecified atom stereocenters. The lowest BCUT2D eigenvalue weighted by molar-refractivity contribution is 0.318. The van der Waals surface area contributed by atoms with Crippen molar-refractivity contribution >= 4 is 27.6 Å². The fourth-order valence-corrected chi connectivity index (χ4v) is 6.71. The Morgan fingerprint density at radius 2 is 1.18 bits per heavy atom. The number of aryl methyl sites for hydroxylation is 4. The minimum absolute atomic E-state index is 0.0371. The molecule has 0 fully saturated rings. The first-order valence-corrected chi connectivity index (χ1v) is 17.5. The molecule has 5 N–H and O–H groups in total. The summed E-state index contributed by atoms with van der Waals surface area (Å²) in [4.78, 5) is 35.0. The highest BCUT2D eigenvalue weighted by molar-refractivity contribution is 5.96.